The number of aliphatic hydroxyl groups is 1. The Bertz CT molecular complexity index is 206. The van der Waals surface area contributed by atoms with Gasteiger partial charge in [-0.05, 0) is 32.6 Å². The topological polar surface area (TPSA) is 61.4 Å². The Morgan fingerprint density at radius 2 is 1.65 bits per heavy atom. The molecule has 0 aromatic rings. The maximum Gasteiger partial charge on any atom is 0.237 e. The van der Waals surface area contributed by atoms with Crippen molar-refractivity contribution in [1.82, 2.24) is 10.6 Å². The van der Waals surface area contributed by atoms with Crippen LogP contribution in [0.2, 0.25) is 0 Å². The second kappa shape index (κ2) is 9.42. The Hall–Kier alpha value is -0.610. The summed E-state index contributed by atoms with van der Waals surface area (Å²) < 4.78 is 0. The van der Waals surface area contributed by atoms with Gasteiger partial charge in [0.15, 0.2) is 0 Å². The van der Waals surface area contributed by atoms with Crippen LogP contribution >= 0.6 is 0 Å². The van der Waals surface area contributed by atoms with Crippen molar-refractivity contribution >= 4 is 5.91 Å². The summed E-state index contributed by atoms with van der Waals surface area (Å²) in [7, 11) is 0. The summed E-state index contributed by atoms with van der Waals surface area (Å²) in [5, 5.41) is 15.2. The van der Waals surface area contributed by atoms with E-state index in [9.17, 15) is 4.79 Å². The third-order valence-electron chi connectivity index (χ3n) is 3.18. The number of hydrogen-bond acceptors (Lipinski definition) is 3. The van der Waals surface area contributed by atoms with Crippen LogP contribution in [0.5, 0.6) is 0 Å². The number of nitrogens with one attached hydrogen (secondary N) is 2. The lowest BCUT2D eigenvalue weighted by molar-refractivity contribution is -0.123. The predicted octanol–water partition coefficient (Wildman–Crippen LogP) is 1.43. The van der Waals surface area contributed by atoms with Crippen LogP contribution in [-0.2, 0) is 4.79 Å². The smallest absolute Gasteiger partial charge is 0.237 e. The summed E-state index contributed by atoms with van der Waals surface area (Å²) in [5.74, 6) is 0.0510. The molecule has 0 spiro atoms. The molecule has 0 heterocycles. The molecule has 4 nitrogen and oxygen atoms in total. The Morgan fingerprint density at radius 3 is 2.06 bits per heavy atom. The van der Waals surface area contributed by atoms with Crippen molar-refractivity contribution < 1.29 is 9.90 Å². The molecule has 0 aliphatic heterocycles. The van der Waals surface area contributed by atoms with Crippen LogP contribution in [0.4, 0.5) is 0 Å². The minimum atomic E-state index is -0.202. The molecule has 0 aromatic heterocycles. The van der Waals surface area contributed by atoms with Crippen LogP contribution in [0.25, 0.3) is 0 Å². The fraction of sp³-hybridized carbons (Fsp3) is 0.923. The lowest BCUT2D eigenvalue weighted by Crippen LogP contribution is -2.49. The van der Waals surface area contributed by atoms with E-state index >= 15 is 0 Å². The summed E-state index contributed by atoms with van der Waals surface area (Å²) in [5.41, 5.74) is 0. The fourth-order valence-corrected chi connectivity index (χ4v) is 1.81. The molecular formula is C13H28N2O2. The molecule has 2 unspecified atom stereocenters. The van der Waals surface area contributed by atoms with Crippen molar-refractivity contribution in [2.45, 2.75) is 71.5 Å². The van der Waals surface area contributed by atoms with Crippen LogP contribution in [0.15, 0.2) is 0 Å². The zero-order valence-corrected chi connectivity index (χ0v) is 11.6. The number of rotatable bonds is 9. The molecule has 0 aliphatic carbocycles. The first kappa shape index (κ1) is 16.4. The highest BCUT2D eigenvalue weighted by atomic mass is 16.3. The van der Waals surface area contributed by atoms with Crippen LogP contribution in [0, 0.1) is 0 Å². The SMILES string of the molecule is CCC(CC)NC(=O)C(C)NC(CC)CCO. The molecule has 2 atom stereocenters. The molecule has 3 N–H and O–H groups in total. The summed E-state index contributed by atoms with van der Waals surface area (Å²) in [6.45, 7) is 8.24. The average Bonchev–Trinajstić information content (AvgIpc) is 2.34. The average molecular weight is 244 g/mol. The first-order valence-electron chi connectivity index (χ1n) is 6.76. The zero-order valence-electron chi connectivity index (χ0n) is 11.6. The zero-order chi connectivity index (χ0) is 13.3. The Balaban J connectivity index is 4.10. The monoisotopic (exact) mass is 244 g/mol. The Labute approximate surface area is 105 Å². The van der Waals surface area contributed by atoms with Crippen molar-refractivity contribution in [3.05, 3.63) is 0 Å². The van der Waals surface area contributed by atoms with Crippen molar-refractivity contribution in [2.24, 2.45) is 0 Å². The highest BCUT2D eigenvalue weighted by molar-refractivity contribution is 5.81. The molecule has 0 radical (unpaired) electrons. The van der Waals surface area contributed by atoms with E-state index in [1.807, 2.05) is 6.92 Å². The van der Waals surface area contributed by atoms with Gasteiger partial charge in [-0.25, -0.2) is 0 Å². The summed E-state index contributed by atoms with van der Waals surface area (Å²) in [4.78, 5) is 11.9. The minimum absolute atomic E-state index is 0.0510. The lowest BCUT2D eigenvalue weighted by Gasteiger charge is -2.23. The molecule has 0 aliphatic rings. The van der Waals surface area contributed by atoms with Gasteiger partial charge in [-0.15, -0.1) is 0 Å². The molecule has 0 bridgehead atoms. The van der Waals surface area contributed by atoms with E-state index in [1.54, 1.807) is 0 Å². The molecule has 0 aromatic carbocycles. The van der Waals surface area contributed by atoms with Crippen molar-refractivity contribution in [1.29, 1.82) is 0 Å². The van der Waals surface area contributed by atoms with E-state index in [-0.39, 0.29) is 30.6 Å². The normalized spacial score (nSPS) is 14.7. The molecule has 0 saturated carbocycles. The van der Waals surface area contributed by atoms with Gasteiger partial charge in [0.2, 0.25) is 5.91 Å². The molecule has 0 saturated heterocycles. The maximum atomic E-state index is 11.9. The van der Waals surface area contributed by atoms with E-state index in [0.29, 0.717) is 6.42 Å². The summed E-state index contributed by atoms with van der Waals surface area (Å²) in [6.07, 6.45) is 3.54. The molecule has 17 heavy (non-hydrogen) atoms. The van der Waals surface area contributed by atoms with E-state index in [2.05, 4.69) is 31.4 Å². The quantitative estimate of drug-likeness (QED) is 0.575. The van der Waals surface area contributed by atoms with Crippen LogP contribution in [0.3, 0.4) is 0 Å². The molecule has 102 valence electrons. The summed E-state index contributed by atoms with van der Waals surface area (Å²) >= 11 is 0. The molecule has 0 rings (SSSR count). The number of hydrogen-bond donors (Lipinski definition) is 3. The van der Waals surface area contributed by atoms with Gasteiger partial charge in [-0.3, -0.25) is 4.79 Å². The highest BCUT2D eigenvalue weighted by Crippen LogP contribution is 2.01. The van der Waals surface area contributed by atoms with Gasteiger partial charge in [0.25, 0.3) is 0 Å². The van der Waals surface area contributed by atoms with Gasteiger partial charge in [0.05, 0.1) is 6.04 Å². The fourth-order valence-electron chi connectivity index (χ4n) is 1.81. The van der Waals surface area contributed by atoms with E-state index in [4.69, 9.17) is 5.11 Å². The third-order valence-corrected chi connectivity index (χ3v) is 3.18. The van der Waals surface area contributed by atoms with Crippen molar-refractivity contribution in [3.63, 3.8) is 0 Å². The summed E-state index contributed by atoms with van der Waals surface area (Å²) in [6, 6.07) is 0.277. The molecule has 4 heteroatoms. The van der Waals surface area contributed by atoms with Crippen LogP contribution in [-0.4, -0.2) is 35.7 Å². The van der Waals surface area contributed by atoms with Crippen LogP contribution < -0.4 is 10.6 Å². The van der Waals surface area contributed by atoms with Gasteiger partial charge >= 0.3 is 0 Å². The Morgan fingerprint density at radius 1 is 1.12 bits per heavy atom. The lowest BCUT2D eigenvalue weighted by atomic mass is 10.1. The number of carbonyl (C=O) groups excluding carboxylic acids is 1. The maximum absolute atomic E-state index is 11.9. The largest absolute Gasteiger partial charge is 0.396 e. The van der Waals surface area contributed by atoms with Gasteiger partial charge in [0, 0.05) is 18.7 Å². The number of amides is 1. The molecule has 1 amide bonds. The predicted molar refractivity (Wildman–Crippen MR) is 70.9 cm³/mol. The third kappa shape index (κ3) is 6.64. The second-order valence-electron chi connectivity index (χ2n) is 4.53. The van der Waals surface area contributed by atoms with Crippen LogP contribution in [0.1, 0.15) is 53.4 Å². The van der Waals surface area contributed by atoms with E-state index < -0.39 is 0 Å². The van der Waals surface area contributed by atoms with Gasteiger partial charge in [-0.1, -0.05) is 20.8 Å². The van der Waals surface area contributed by atoms with Crippen molar-refractivity contribution in [2.75, 3.05) is 6.61 Å². The molecule has 0 fully saturated rings. The number of carbonyl (C=O) groups is 1. The first-order chi connectivity index (χ1) is 8.08. The van der Waals surface area contributed by atoms with Gasteiger partial charge in [-0.2, -0.15) is 0 Å². The van der Waals surface area contributed by atoms with E-state index in [0.717, 1.165) is 19.3 Å². The first-order valence-corrected chi connectivity index (χ1v) is 6.76. The molecular weight excluding hydrogens is 216 g/mol. The van der Waals surface area contributed by atoms with E-state index in [1.165, 1.54) is 0 Å². The van der Waals surface area contributed by atoms with Gasteiger partial charge in [0.1, 0.15) is 0 Å². The number of aliphatic hydroxyl groups excluding tert-OH is 1. The van der Waals surface area contributed by atoms with Gasteiger partial charge < -0.3 is 15.7 Å². The van der Waals surface area contributed by atoms with Crippen molar-refractivity contribution in [3.8, 4) is 0 Å². The Kier molecular flexibility index (Phi) is 9.09. The standard InChI is InChI=1S/C13H28N2O2/c1-5-11(6-2)15-13(17)10(4)14-12(7-3)8-9-16/h10-12,14,16H,5-9H2,1-4H3,(H,15,17). The second-order valence-corrected chi connectivity index (χ2v) is 4.53. The highest BCUT2D eigenvalue weighted by Gasteiger charge is 2.18. The minimum Gasteiger partial charge on any atom is -0.396 e.